The fraction of sp³-hybridized carbons (Fsp3) is 0.528. The molecule has 1 aromatic carbocycles. The summed E-state index contributed by atoms with van der Waals surface area (Å²) in [6, 6.07) is 14.4. The van der Waals surface area contributed by atoms with Crippen molar-refractivity contribution in [3.05, 3.63) is 66.1 Å². The number of hydrogen-bond donors (Lipinski definition) is 1. The van der Waals surface area contributed by atoms with Crippen LogP contribution in [0, 0.1) is 0 Å². The molecule has 0 bridgehead atoms. The first-order chi connectivity index (χ1) is 22.6. The monoisotopic (exact) mass is 697 g/mol. The van der Waals surface area contributed by atoms with Crippen molar-refractivity contribution in [1.82, 2.24) is 24.5 Å². The number of rotatable bonds is 15. The lowest BCUT2D eigenvalue weighted by atomic mass is 10.0. The molecule has 0 saturated heterocycles. The molecule has 2 unspecified atom stereocenters. The molecular weight excluding hydrogens is 646 g/mol. The van der Waals surface area contributed by atoms with Crippen LogP contribution in [0.3, 0.4) is 0 Å². The van der Waals surface area contributed by atoms with Crippen LogP contribution in [-0.4, -0.2) is 63.9 Å². The maximum absolute atomic E-state index is 15.6. The number of nitrogens with one attached hydrogen (secondary N) is 1. The molecule has 0 fully saturated rings. The largest absolute Gasteiger partial charge is 0.598 e. The molecule has 0 saturated carbocycles. The van der Waals surface area contributed by atoms with Crippen LogP contribution >= 0.6 is 0 Å². The average Bonchev–Trinajstić information content (AvgIpc) is 3.46. The maximum Gasteiger partial charge on any atom is 0.192 e. The van der Waals surface area contributed by atoms with E-state index in [2.05, 4.69) is 38.6 Å². The number of nitrogens with zero attached hydrogens (tertiary/aromatic N) is 4. The van der Waals surface area contributed by atoms with E-state index in [0.29, 0.717) is 55.6 Å². The Bertz CT molecular complexity index is 1660. The molecule has 1 N–H and O–H groups in total. The van der Waals surface area contributed by atoms with Gasteiger partial charge in [0, 0.05) is 24.0 Å². The zero-order chi connectivity index (χ0) is 35.3. The van der Waals surface area contributed by atoms with Crippen molar-refractivity contribution in [3.8, 4) is 22.8 Å². The average molecular weight is 698 g/mol. The van der Waals surface area contributed by atoms with Crippen molar-refractivity contribution in [2.75, 3.05) is 20.3 Å². The summed E-state index contributed by atoms with van der Waals surface area (Å²) in [5.41, 5.74) is 3.47. The highest BCUT2D eigenvalue weighted by Crippen LogP contribution is 2.37. The van der Waals surface area contributed by atoms with Crippen molar-refractivity contribution in [2.24, 2.45) is 0 Å². The van der Waals surface area contributed by atoms with E-state index in [-0.39, 0.29) is 5.04 Å². The van der Waals surface area contributed by atoms with Gasteiger partial charge in [-0.15, -0.1) is 4.72 Å². The second-order valence-corrected chi connectivity index (χ2v) is 21.4. The summed E-state index contributed by atoms with van der Waals surface area (Å²) in [4.78, 5) is 9.84. The van der Waals surface area contributed by atoms with Crippen LogP contribution in [0.15, 0.2) is 54.7 Å². The molecular formula is C36H52FN5O4SSi. The molecule has 0 aliphatic rings. The molecule has 12 heteroatoms. The first-order valence-corrected chi connectivity index (χ1v) is 20.6. The molecule has 9 nitrogen and oxygen atoms in total. The zero-order valence-corrected chi connectivity index (χ0v) is 31.9. The number of pyridine rings is 2. The predicted molar refractivity (Wildman–Crippen MR) is 195 cm³/mol. The Balaban J connectivity index is 1.77. The van der Waals surface area contributed by atoms with Crippen LogP contribution in [0.1, 0.15) is 78.7 Å². The number of aromatic nitrogens is 4. The smallest absolute Gasteiger partial charge is 0.192 e. The lowest BCUT2D eigenvalue weighted by Gasteiger charge is -2.36. The van der Waals surface area contributed by atoms with Crippen LogP contribution in [0.4, 0.5) is 4.39 Å². The normalized spacial score (nSPS) is 14.7. The van der Waals surface area contributed by atoms with Crippen molar-refractivity contribution >= 4 is 30.6 Å². The third-order valence-corrected chi connectivity index (χ3v) is 14.8. The third kappa shape index (κ3) is 9.22. The van der Waals surface area contributed by atoms with Crippen LogP contribution in [-0.2, 0) is 27.1 Å². The van der Waals surface area contributed by atoms with Crippen molar-refractivity contribution in [1.29, 1.82) is 0 Å². The van der Waals surface area contributed by atoms with E-state index in [1.807, 2.05) is 70.2 Å². The molecule has 3 heterocycles. The van der Waals surface area contributed by atoms with E-state index < -0.39 is 36.6 Å². The van der Waals surface area contributed by atoms with Gasteiger partial charge >= 0.3 is 0 Å². The van der Waals surface area contributed by atoms with Gasteiger partial charge in [0.05, 0.1) is 47.4 Å². The van der Waals surface area contributed by atoms with E-state index in [1.54, 1.807) is 24.1 Å². The van der Waals surface area contributed by atoms with E-state index in [1.165, 1.54) is 0 Å². The van der Waals surface area contributed by atoms with Crippen LogP contribution < -0.4 is 9.46 Å². The minimum Gasteiger partial charge on any atom is -0.598 e. The molecule has 3 aromatic heterocycles. The molecule has 0 radical (unpaired) electrons. The van der Waals surface area contributed by atoms with Crippen LogP contribution in [0.5, 0.6) is 5.75 Å². The Morgan fingerprint density at radius 2 is 1.75 bits per heavy atom. The minimum atomic E-state index is -1.97. The predicted octanol–water partition coefficient (Wildman–Crippen LogP) is 8.26. The van der Waals surface area contributed by atoms with Gasteiger partial charge in [0.25, 0.3) is 0 Å². The molecule has 262 valence electrons. The molecule has 0 spiro atoms. The van der Waals surface area contributed by atoms with E-state index in [4.69, 9.17) is 29.0 Å². The van der Waals surface area contributed by atoms with E-state index in [0.717, 1.165) is 22.2 Å². The Labute approximate surface area is 289 Å². The summed E-state index contributed by atoms with van der Waals surface area (Å²) in [6.07, 6.45) is 1.48. The lowest BCUT2D eigenvalue weighted by Crippen LogP contribution is -2.44. The Kier molecular flexibility index (Phi) is 12.5. The number of hydrogen-bond acceptors (Lipinski definition) is 8. The SMILES string of the molecule is CCCC(F)[C@H](N[S+]([O-])C(C)(C)C)c1cccc(-c2cc(OCCOC)c3cnn(-c4cccc(CO[Si](C)(C)C(C)(C)C)n4)c3c2)n1. The number of methoxy groups -OCH3 is 1. The quantitative estimate of drug-likeness (QED) is 0.0752. The van der Waals surface area contributed by atoms with Gasteiger partial charge in [0.15, 0.2) is 14.1 Å². The summed E-state index contributed by atoms with van der Waals surface area (Å²) in [7, 11) is -0.339. The molecule has 48 heavy (non-hydrogen) atoms. The van der Waals surface area contributed by atoms with Gasteiger partial charge in [-0.2, -0.15) is 5.10 Å². The number of ether oxygens (including phenoxy) is 2. The molecule has 0 aliphatic carbocycles. The molecule has 0 aliphatic heterocycles. The number of benzene rings is 1. The van der Waals surface area contributed by atoms with E-state index in [9.17, 15) is 4.55 Å². The second kappa shape index (κ2) is 15.8. The van der Waals surface area contributed by atoms with Crippen LogP contribution in [0.2, 0.25) is 18.1 Å². The standard InChI is InChI=1S/C36H52FN5O4SSi/c1-11-14-28(37)34(41-47(43)35(2,3)4)30-17-13-16-29(40-30)25-21-31-27(32(22-25)45-20-19-44-8)23-38-42(31)33-18-12-15-26(39-33)24-46-48(9,10)36(5,6)7/h12-13,15-18,21-23,28,34,41H,11,14,19-20,24H2,1-10H3/t28?,34-,47?/m0/s1. The highest BCUT2D eigenvalue weighted by molar-refractivity contribution is 7.90. The van der Waals surface area contributed by atoms with Gasteiger partial charge in [-0.1, -0.05) is 46.2 Å². The second-order valence-electron chi connectivity index (χ2n) is 14.6. The van der Waals surface area contributed by atoms with Gasteiger partial charge in [0.2, 0.25) is 0 Å². The summed E-state index contributed by atoms with van der Waals surface area (Å²) < 4.78 is 50.8. The molecule has 0 amide bonds. The minimum absolute atomic E-state index is 0.0879. The highest BCUT2D eigenvalue weighted by atomic mass is 32.2. The van der Waals surface area contributed by atoms with Crippen molar-refractivity contribution in [2.45, 2.75) is 103 Å². The van der Waals surface area contributed by atoms with Gasteiger partial charge in [-0.3, -0.25) is 4.98 Å². The van der Waals surface area contributed by atoms with Gasteiger partial charge in [-0.05, 0) is 81.7 Å². The fourth-order valence-electron chi connectivity index (χ4n) is 4.76. The van der Waals surface area contributed by atoms with Gasteiger partial charge in [0.1, 0.15) is 29.3 Å². The van der Waals surface area contributed by atoms with E-state index >= 15 is 4.39 Å². The lowest BCUT2D eigenvalue weighted by molar-refractivity contribution is 0.147. The zero-order valence-electron chi connectivity index (χ0n) is 30.1. The van der Waals surface area contributed by atoms with Crippen molar-refractivity contribution < 1.29 is 22.8 Å². The maximum atomic E-state index is 15.6. The van der Waals surface area contributed by atoms with Gasteiger partial charge < -0.3 is 18.5 Å². The summed E-state index contributed by atoms with van der Waals surface area (Å²) >= 11 is -1.49. The summed E-state index contributed by atoms with van der Waals surface area (Å²) in [6.45, 7) is 19.8. The fourth-order valence-corrected chi connectivity index (χ4v) is 6.55. The Morgan fingerprint density at radius 3 is 2.42 bits per heavy atom. The first-order valence-electron chi connectivity index (χ1n) is 16.6. The summed E-state index contributed by atoms with van der Waals surface area (Å²) in [5.74, 6) is 1.27. The van der Waals surface area contributed by atoms with Gasteiger partial charge in [-0.25, -0.2) is 14.1 Å². The first kappa shape index (κ1) is 37.9. The topological polar surface area (TPSA) is 106 Å². The summed E-state index contributed by atoms with van der Waals surface area (Å²) in [5, 5.41) is 5.62. The number of fused-ring (bicyclic) bond motifs is 1. The molecule has 4 rings (SSSR count). The third-order valence-electron chi connectivity index (χ3n) is 8.69. The number of alkyl halides is 1. The van der Waals surface area contributed by atoms with Crippen LogP contribution in [0.25, 0.3) is 28.0 Å². The number of halogens is 1. The highest BCUT2D eigenvalue weighted by Gasteiger charge is 2.37. The van der Waals surface area contributed by atoms with Crippen molar-refractivity contribution in [3.63, 3.8) is 0 Å². The Hall–Kier alpha value is -2.87. The Morgan fingerprint density at radius 1 is 1.02 bits per heavy atom. The molecule has 4 aromatic rings. The molecule has 3 atom stereocenters.